The summed E-state index contributed by atoms with van der Waals surface area (Å²) in [6, 6.07) is 0.234. The van der Waals surface area contributed by atoms with Crippen molar-refractivity contribution in [2.24, 2.45) is 16.6 Å². The Hall–Kier alpha value is -1.34. The third-order valence-corrected chi connectivity index (χ3v) is 4.21. The molecule has 1 heterocycles. The lowest BCUT2D eigenvalue weighted by atomic mass is 9.96. The first-order valence-electron chi connectivity index (χ1n) is 8.54. The average molecular weight is 327 g/mol. The molecule has 0 spiro atoms. The number of guanidine groups is 1. The molecule has 0 aliphatic carbocycles. The molecule has 23 heavy (non-hydrogen) atoms. The molecule has 4 N–H and O–H groups in total. The zero-order valence-electron chi connectivity index (χ0n) is 14.8. The molecule has 0 radical (unpaired) electrons. The second kappa shape index (κ2) is 11.2. The molecule has 1 rings (SSSR count). The lowest BCUT2D eigenvalue weighted by Crippen LogP contribution is -2.44. The van der Waals surface area contributed by atoms with Crippen LogP contribution in [0.2, 0.25) is 0 Å². The Kier molecular flexibility index (Phi) is 9.63. The van der Waals surface area contributed by atoms with Gasteiger partial charge in [0, 0.05) is 32.7 Å². The van der Waals surface area contributed by atoms with E-state index >= 15 is 0 Å². The molecule has 0 aromatic rings. The highest BCUT2D eigenvalue weighted by Gasteiger charge is 2.22. The smallest absolute Gasteiger partial charge is 0.220 e. The van der Waals surface area contributed by atoms with Gasteiger partial charge in [-0.05, 0) is 52.2 Å². The van der Waals surface area contributed by atoms with Gasteiger partial charge in [0.15, 0.2) is 5.96 Å². The molecule has 1 aliphatic rings. The first kappa shape index (κ1) is 19.7. The maximum Gasteiger partial charge on any atom is 0.220 e. The molecule has 0 aromatic heterocycles. The topological polar surface area (TPSA) is 92.0 Å². The molecule has 1 aliphatic heterocycles. The van der Waals surface area contributed by atoms with Gasteiger partial charge in [0.05, 0.1) is 6.61 Å². The highest BCUT2D eigenvalue weighted by atomic mass is 16.5. The molecule has 0 bridgehead atoms. The Morgan fingerprint density at radius 3 is 2.65 bits per heavy atom. The number of amides is 1. The van der Waals surface area contributed by atoms with Crippen LogP contribution < -0.4 is 16.4 Å². The quantitative estimate of drug-likeness (QED) is 0.319. The number of rotatable bonds is 9. The number of aliphatic imine (C=N–C) groups is 1. The van der Waals surface area contributed by atoms with Crippen molar-refractivity contribution < 1.29 is 9.53 Å². The molecule has 1 fully saturated rings. The second-order valence-corrected chi connectivity index (χ2v) is 6.23. The maximum atomic E-state index is 11.1. The Morgan fingerprint density at radius 2 is 2.09 bits per heavy atom. The van der Waals surface area contributed by atoms with Gasteiger partial charge in [0.1, 0.15) is 0 Å². The fourth-order valence-corrected chi connectivity index (χ4v) is 2.83. The summed E-state index contributed by atoms with van der Waals surface area (Å²) < 4.78 is 5.10. The number of carbonyl (C=O) groups excluding carboxylic acids is 1. The van der Waals surface area contributed by atoms with Crippen LogP contribution in [0.4, 0.5) is 0 Å². The summed E-state index contributed by atoms with van der Waals surface area (Å²) in [4.78, 5) is 17.8. The fourth-order valence-electron chi connectivity index (χ4n) is 2.83. The maximum absolute atomic E-state index is 11.1. The number of nitrogens with one attached hydrogen (secondary N) is 2. The van der Waals surface area contributed by atoms with E-state index < -0.39 is 0 Å². The number of nitrogens with two attached hydrogens (primary N) is 1. The largest absolute Gasteiger partial charge is 0.383 e. The van der Waals surface area contributed by atoms with Gasteiger partial charge in [-0.25, -0.2) is 0 Å². The van der Waals surface area contributed by atoms with E-state index in [0.29, 0.717) is 6.61 Å². The molecule has 1 saturated heterocycles. The molecule has 1 atom stereocenters. The highest BCUT2D eigenvalue weighted by molar-refractivity contribution is 5.79. The van der Waals surface area contributed by atoms with Gasteiger partial charge in [-0.2, -0.15) is 0 Å². The number of hydrogen-bond acceptors (Lipinski definition) is 4. The van der Waals surface area contributed by atoms with Crippen LogP contribution in [0.5, 0.6) is 0 Å². The van der Waals surface area contributed by atoms with Crippen molar-refractivity contribution in [3.8, 4) is 0 Å². The van der Waals surface area contributed by atoms with Crippen LogP contribution in [0.15, 0.2) is 4.99 Å². The van der Waals surface area contributed by atoms with Crippen LogP contribution in [-0.4, -0.2) is 69.8 Å². The lowest BCUT2D eigenvalue weighted by molar-refractivity contribution is -0.123. The van der Waals surface area contributed by atoms with Crippen LogP contribution >= 0.6 is 0 Å². The monoisotopic (exact) mass is 327 g/mol. The average Bonchev–Trinajstić information content (AvgIpc) is 2.54. The van der Waals surface area contributed by atoms with E-state index in [1.807, 2.05) is 0 Å². The number of ether oxygens (including phenoxy) is 1. The minimum atomic E-state index is -0.143. The van der Waals surface area contributed by atoms with E-state index in [2.05, 4.69) is 27.4 Å². The summed E-state index contributed by atoms with van der Waals surface area (Å²) in [5, 5.41) is 6.61. The first-order chi connectivity index (χ1) is 11.1. The summed E-state index contributed by atoms with van der Waals surface area (Å²) in [5.74, 6) is 0.753. The lowest BCUT2D eigenvalue weighted by Gasteiger charge is -2.30. The van der Waals surface area contributed by atoms with Gasteiger partial charge in [-0.3, -0.25) is 9.79 Å². The number of piperidine rings is 1. The predicted octanol–water partition coefficient (Wildman–Crippen LogP) is 0.164. The SMILES string of the molecule is CN=C(NCCCCN1CCC(C(N)=O)CC1)NC(C)COC. The van der Waals surface area contributed by atoms with E-state index in [1.165, 1.54) is 0 Å². The Balaban J connectivity index is 2.07. The third-order valence-electron chi connectivity index (χ3n) is 4.21. The van der Waals surface area contributed by atoms with Crippen LogP contribution in [0.3, 0.4) is 0 Å². The zero-order valence-corrected chi connectivity index (χ0v) is 14.8. The predicted molar refractivity (Wildman–Crippen MR) is 93.4 cm³/mol. The highest BCUT2D eigenvalue weighted by Crippen LogP contribution is 2.16. The summed E-state index contributed by atoms with van der Waals surface area (Å²) in [5.41, 5.74) is 5.36. The summed E-state index contributed by atoms with van der Waals surface area (Å²) >= 11 is 0. The van der Waals surface area contributed by atoms with Crippen molar-refractivity contribution in [3.63, 3.8) is 0 Å². The summed E-state index contributed by atoms with van der Waals surface area (Å²) in [6.07, 6.45) is 4.04. The minimum absolute atomic E-state index is 0.0800. The van der Waals surface area contributed by atoms with Gasteiger partial charge < -0.3 is 26.0 Å². The molecule has 1 amide bonds. The van der Waals surface area contributed by atoms with Gasteiger partial charge in [-0.15, -0.1) is 0 Å². The van der Waals surface area contributed by atoms with Crippen LogP contribution in [0.1, 0.15) is 32.6 Å². The van der Waals surface area contributed by atoms with Gasteiger partial charge >= 0.3 is 0 Å². The van der Waals surface area contributed by atoms with E-state index in [0.717, 1.165) is 57.8 Å². The number of nitrogens with zero attached hydrogens (tertiary/aromatic N) is 2. The van der Waals surface area contributed by atoms with Crippen LogP contribution in [0.25, 0.3) is 0 Å². The minimum Gasteiger partial charge on any atom is -0.383 e. The second-order valence-electron chi connectivity index (χ2n) is 6.23. The summed E-state index contributed by atoms with van der Waals surface area (Å²) in [6.45, 7) is 6.67. The van der Waals surface area contributed by atoms with E-state index in [4.69, 9.17) is 10.5 Å². The van der Waals surface area contributed by atoms with Crippen molar-refractivity contribution >= 4 is 11.9 Å². The third kappa shape index (κ3) is 8.18. The Morgan fingerprint density at radius 1 is 1.39 bits per heavy atom. The number of methoxy groups -OCH3 is 1. The molecule has 7 nitrogen and oxygen atoms in total. The van der Waals surface area contributed by atoms with E-state index in [-0.39, 0.29) is 17.9 Å². The van der Waals surface area contributed by atoms with Gasteiger partial charge in [-0.1, -0.05) is 0 Å². The van der Waals surface area contributed by atoms with Gasteiger partial charge in [0.25, 0.3) is 0 Å². The van der Waals surface area contributed by atoms with Crippen molar-refractivity contribution in [2.75, 3.05) is 46.9 Å². The molecular formula is C16H33N5O2. The molecule has 134 valence electrons. The van der Waals surface area contributed by atoms with Crippen molar-refractivity contribution in [2.45, 2.75) is 38.6 Å². The molecule has 0 aromatic carbocycles. The van der Waals surface area contributed by atoms with Crippen molar-refractivity contribution in [1.29, 1.82) is 0 Å². The molecule has 1 unspecified atom stereocenters. The van der Waals surface area contributed by atoms with Crippen LogP contribution in [0, 0.1) is 5.92 Å². The number of carbonyl (C=O) groups is 1. The Bertz CT molecular complexity index is 367. The standard InChI is InChI=1S/C16H33N5O2/c1-13(12-23-3)20-16(18-2)19-8-4-5-9-21-10-6-14(7-11-21)15(17)22/h13-14H,4-12H2,1-3H3,(H2,17,22)(H2,18,19,20). The number of unbranched alkanes of at least 4 members (excludes halogenated alkanes) is 1. The van der Waals surface area contributed by atoms with Crippen LogP contribution in [-0.2, 0) is 9.53 Å². The fraction of sp³-hybridized carbons (Fsp3) is 0.875. The molecule has 0 saturated carbocycles. The zero-order chi connectivity index (χ0) is 17.1. The summed E-state index contributed by atoms with van der Waals surface area (Å²) in [7, 11) is 3.47. The van der Waals surface area contributed by atoms with Crippen molar-refractivity contribution in [3.05, 3.63) is 0 Å². The number of hydrogen-bond donors (Lipinski definition) is 3. The molecule has 7 heteroatoms. The first-order valence-corrected chi connectivity index (χ1v) is 8.54. The Labute approximate surface area is 140 Å². The number of likely N-dealkylation sites (tertiary alicyclic amines) is 1. The molecular weight excluding hydrogens is 294 g/mol. The van der Waals surface area contributed by atoms with Gasteiger partial charge in [0.2, 0.25) is 5.91 Å². The van der Waals surface area contributed by atoms with Crippen molar-refractivity contribution in [1.82, 2.24) is 15.5 Å². The number of primary amides is 1. The normalized spacial score (nSPS) is 18.7. The van der Waals surface area contributed by atoms with E-state index in [1.54, 1.807) is 14.2 Å². The van der Waals surface area contributed by atoms with E-state index in [9.17, 15) is 4.79 Å².